The Morgan fingerprint density at radius 2 is 1.39 bits per heavy atom. The van der Waals surface area contributed by atoms with Gasteiger partial charge in [-0.2, -0.15) is 0 Å². The van der Waals surface area contributed by atoms with Crippen molar-refractivity contribution in [2.75, 3.05) is 13.7 Å². The summed E-state index contributed by atoms with van der Waals surface area (Å²) in [6, 6.07) is 5.80. The monoisotopic (exact) mass is 905 g/mol. The van der Waals surface area contributed by atoms with Crippen molar-refractivity contribution in [3.8, 4) is 0 Å². The number of methoxy groups -OCH3 is 1. The molecule has 6 rings (SSSR count). The molecule has 0 fully saturated rings. The molecule has 2 aliphatic heterocycles. The van der Waals surface area contributed by atoms with Crippen LogP contribution in [-0.2, 0) is 24.7 Å². The molecule has 7 atom stereocenters. The minimum absolute atomic E-state index is 0.0278. The third-order valence-corrected chi connectivity index (χ3v) is 15.0. The van der Waals surface area contributed by atoms with Crippen molar-refractivity contribution in [1.82, 2.24) is 19.9 Å². The molecule has 3 aliphatic rings. The van der Waals surface area contributed by atoms with E-state index in [9.17, 15) is 24.3 Å². The van der Waals surface area contributed by atoms with Crippen molar-refractivity contribution in [1.29, 1.82) is 0 Å². The van der Waals surface area contributed by atoms with E-state index in [2.05, 4.69) is 58.4 Å². The minimum atomic E-state index is -2.68. The number of nitrogens with one attached hydrogen (secondary N) is 2. The number of hydrogen-bond acceptors (Lipinski definition) is 9. The number of carbonyl (C=O) groups excluding carboxylic acids is 4. The van der Waals surface area contributed by atoms with Gasteiger partial charge in [0.25, 0.3) is 5.60 Å². The maximum atomic E-state index is 14.5. The number of Topliss-reactive ketones (excluding diaryl/α,β-unsaturated/α-hetero) is 2. The maximum absolute atomic E-state index is 14.5. The second kappa shape index (κ2) is 21.4. The average Bonchev–Trinajstić information content (AvgIpc) is 3.99. The number of aromatic amines is 2. The van der Waals surface area contributed by atoms with Crippen LogP contribution in [0.4, 0.5) is 0 Å². The molecule has 8 bridgehead atoms. The first-order valence-corrected chi connectivity index (χ1v) is 24.8. The highest BCUT2D eigenvalue weighted by Gasteiger charge is 2.57. The van der Waals surface area contributed by atoms with Crippen LogP contribution in [0.2, 0.25) is 0 Å². The Balaban J connectivity index is 1.27. The largest absolute Gasteiger partial charge is 0.466 e. The summed E-state index contributed by atoms with van der Waals surface area (Å²) < 4.78 is 10.9. The van der Waals surface area contributed by atoms with E-state index < -0.39 is 23.3 Å². The number of nitrogens with zero attached hydrogens (tertiary/aromatic N) is 2. The summed E-state index contributed by atoms with van der Waals surface area (Å²) in [5.74, 6) is -0.835. The molecule has 0 radical (unpaired) electrons. The quantitative estimate of drug-likeness (QED) is 0.0433. The molecular formula is C55H76N4O7. The van der Waals surface area contributed by atoms with E-state index in [1.54, 1.807) is 13.8 Å². The summed E-state index contributed by atoms with van der Waals surface area (Å²) in [7, 11) is 1.14. The van der Waals surface area contributed by atoms with Crippen LogP contribution in [0.15, 0.2) is 29.8 Å². The fourth-order valence-electron chi connectivity index (χ4n) is 10.8. The van der Waals surface area contributed by atoms with E-state index in [4.69, 9.17) is 19.4 Å². The molecule has 0 amide bonds. The highest BCUT2D eigenvalue weighted by molar-refractivity contribution is 6.25. The highest BCUT2D eigenvalue weighted by Crippen LogP contribution is 2.50. The summed E-state index contributed by atoms with van der Waals surface area (Å²) in [5.41, 5.74) is 5.47. The van der Waals surface area contributed by atoms with Crippen LogP contribution >= 0.6 is 0 Å². The average molecular weight is 905 g/mol. The van der Waals surface area contributed by atoms with Crippen LogP contribution in [0.3, 0.4) is 0 Å². The summed E-state index contributed by atoms with van der Waals surface area (Å²) in [5, 5.41) is 12.4. The van der Waals surface area contributed by atoms with Crippen LogP contribution in [-0.4, -0.2) is 62.3 Å². The molecule has 3 aromatic heterocycles. The van der Waals surface area contributed by atoms with Crippen LogP contribution in [0.1, 0.15) is 223 Å². The number of carbonyl (C=O) groups is 4. The third-order valence-electron chi connectivity index (χ3n) is 15.0. The first-order chi connectivity index (χ1) is 31.3. The second-order valence-corrected chi connectivity index (χ2v) is 20.5. The number of H-pyrrole nitrogens is 2. The molecule has 0 aromatic carbocycles. The van der Waals surface area contributed by atoms with Crippen LogP contribution in [0.25, 0.3) is 22.1 Å². The molecule has 0 spiro atoms. The summed E-state index contributed by atoms with van der Waals surface area (Å²) in [6.07, 6.45) is 14.2. The number of rotatable bonds is 20. The predicted molar refractivity (Wildman–Crippen MR) is 262 cm³/mol. The molecule has 0 unspecified atom stereocenters. The molecular weight excluding hydrogens is 829 g/mol. The van der Waals surface area contributed by atoms with Crippen molar-refractivity contribution in [3.63, 3.8) is 0 Å². The van der Waals surface area contributed by atoms with Crippen LogP contribution in [0, 0.1) is 31.6 Å². The van der Waals surface area contributed by atoms with Crippen molar-refractivity contribution in [3.05, 3.63) is 80.4 Å². The van der Waals surface area contributed by atoms with Gasteiger partial charge in [-0.3, -0.25) is 24.4 Å². The highest BCUT2D eigenvalue weighted by atomic mass is 16.5. The summed E-state index contributed by atoms with van der Waals surface area (Å²) in [4.78, 5) is 72.0. The molecule has 11 heteroatoms. The molecule has 3 aromatic rings. The Bertz CT molecular complexity index is 2510. The molecule has 5 heterocycles. The van der Waals surface area contributed by atoms with Gasteiger partial charge in [0, 0.05) is 69.3 Å². The molecule has 3 N–H and O–H groups in total. The Hall–Kier alpha value is -4.90. The normalized spacial score (nSPS) is 21.4. The van der Waals surface area contributed by atoms with Crippen LogP contribution in [0.5, 0.6) is 0 Å². The smallest absolute Gasteiger partial charge is 0.351 e. The van der Waals surface area contributed by atoms with Gasteiger partial charge in [0.15, 0.2) is 5.78 Å². The number of aromatic nitrogens is 4. The van der Waals surface area contributed by atoms with Gasteiger partial charge >= 0.3 is 11.9 Å². The third kappa shape index (κ3) is 10.5. The Morgan fingerprint density at radius 1 is 0.803 bits per heavy atom. The lowest BCUT2D eigenvalue weighted by Crippen LogP contribution is -2.42. The zero-order chi connectivity index (χ0) is 48.2. The number of aliphatic hydroxyl groups is 1. The fourth-order valence-corrected chi connectivity index (χ4v) is 10.8. The standard InChI is InChI=1S/C55H76N4O7/c1-13-39-34(7)41-29-46-48(38(11)60)36(9)43(57-46)27-42-35(8)40(23-24-47(61)66-26-25-33(6)22-16-21-32(5)20-15-19-31(4)18-14-17-30(2)3)51(58-42)50-52-49(53(62)55(50,64)54(63)65-12)37(10)44(59-52)28-45(39)56-41/h25,27-32,34-35,39-40,57,59,64H,13-24,26H2,1-12H3/b33-25+,41-29?,42-27?,43-27?,44-28?,45-28?,46-29?,51-50?/t31-,32-,34-,35+,39-,40+,55+/m1/s1. The predicted octanol–water partition coefficient (Wildman–Crippen LogP) is 12.6. The molecule has 0 saturated carbocycles. The van der Waals surface area contributed by atoms with Gasteiger partial charge < -0.3 is 24.5 Å². The molecule has 0 saturated heterocycles. The van der Waals surface area contributed by atoms with E-state index >= 15 is 0 Å². The fraction of sp³-hybridized carbons (Fsp3) is 0.600. The second-order valence-electron chi connectivity index (χ2n) is 20.5. The zero-order valence-corrected chi connectivity index (χ0v) is 41.8. The van der Waals surface area contributed by atoms with E-state index in [-0.39, 0.29) is 60.1 Å². The molecule has 358 valence electrons. The number of hydrogen-bond donors (Lipinski definition) is 3. The van der Waals surface area contributed by atoms with E-state index in [0.29, 0.717) is 50.5 Å². The SMILES string of the molecule is CC[C@H]1c2cc3[nH]c4c(c3C)C(=O)[C@](O)(C(=O)OC)c4c3nc(cc4[nH]c(cc(n2)[C@@H]1C)c(C(C)=O)c4C)[C@@H](C)[C@@H]3CCC(=O)OC/C=C(\C)CCC[C@H](C)CCC[C@H](C)CCCC(C)C. The van der Waals surface area contributed by atoms with Gasteiger partial charge in [0.2, 0.25) is 5.78 Å². The lowest BCUT2D eigenvalue weighted by Gasteiger charge is -2.23. The van der Waals surface area contributed by atoms with Gasteiger partial charge in [-0.15, -0.1) is 0 Å². The van der Waals surface area contributed by atoms with Crippen molar-refractivity contribution in [2.24, 2.45) is 17.8 Å². The number of allylic oxidation sites excluding steroid dienone is 1. The number of aryl methyl sites for hydroxylation is 2. The summed E-state index contributed by atoms with van der Waals surface area (Å²) >= 11 is 0. The maximum Gasteiger partial charge on any atom is 0.351 e. The first-order valence-electron chi connectivity index (χ1n) is 24.8. The van der Waals surface area contributed by atoms with Crippen molar-refractivity contribution < 1.29 is 33.8 Å². The van der Waals surface area contributed by atoms with Gasteiger partial charge in [-0.05, 0) is 107 Å². The topological polar surface area (TPSA) is 164 Å². The Kier molecular flexibility index (Phi) is 16.4. The van der Waals surface area contributed by atoms with Gasteiger partial charge in [-0.1, -0.05) is 99.0 Å². The van der Waals surface area contributed by atoms with Gasteiger partial charge in [0.1, 0.15) is 6.61 Å². The van der Waals surface area contributed by atoms with Crippen molar-refractivity contribution in [2.45, 2.75) is 182 Å². The zero-order valence-electron chi connectivity index (χ0n) is 41.8. The van der Waals surface area contributed by atoms with Crippen LogP contribution < -0.4 is 0 Å². The number of ketones is 2. The van der Waals surface area contributed by atoms with Gasteiger partial charge in [0.05, 0.1) is 29.4 Å². The van der Waals surface area contributed by atoms with Crippen molar-refractivity contribution >= 4 is 45.6 Å². The van der Waals surface area contributed by atoms with E-state index in [0.717, 1.165) is 55.2 Å². The van der Waals surface area contributed by atoms with Gasteiger partial charge in [-0.25, -0.2) is 4.79 Å². The van der Waals surface area contributed by atoms with E-state index in [1.165, 1.54) is 50.5 Å². The summed E-state index contributed by atoms with van der Waals surface area (Å²) in [6.45, 7) is 23.1. The Labute approximate surface area is 392 Å². The molecule has 1 aliphatic carbocycles. The lowest BCUT2D eigenvalue weighted by molar-refractivity contribution is -0.157. The molecule has 11 nitrogen and oxygen atoms in total. The van der Waals surface area contributed by atoms with E-state index in [1.807, 2.05) is 38.1 Å². The number of fused-ring (bicyclic) bond motifs is 8. The lowest BCUT2D eigenvalue weighted by atomic mass is 9.82. The number of ether oxygens (including phenoxy) is 2. The first kappa shape index (κ1) is 50.5. The molecule has 66 heavy (non-hydrogen) atoms. The minimum Gasteiger partial charge on any atom is -0.466 e. The number of esters is 2. The Morgan fingerprint density at radius 3 is 2.03 bits per heavy atom.